The van der Waals surface area contributed by atoms with Crippen LogP contribution in [-0.2, 0) is 20.9 Å². The first-order chi connectivity index (χ1) is 13.3. The van der Waals surface area contributed by atoms with E-state index >= 15 is 0 Å². The fourth-order valence-electron chi connectivity index (χ4n) is 3.11. The van der Waals surface area contributed by atoms with Crippen LogP contribution >= 0.6 is 0 Å². The van der Waals surface area contributed by atoms with Crippen LogP contribution in [0.1, 0.15) is 58.4 Å². The number of nitrogens with two attached hydrogens (primary N) is 1. The Hall–Kier alpha value is -2.25. The molecule has 28 heavy (non-hydrogen) atoms. The Morgan fingerprint density at radius 2 is 1.79 bits per heavy atom. The Balaban J connectivity index is 3.12. The van der Waals surface area contributed by atoms with Crippen LogP contribution in [0.4, 0.5) is 0 Å². The van der Waals surface area contributed by atoms with Crippen LogP contribution in [0.15, 0.2) is 30.3 Å². The van der Waals surface area contributed by atoms with E-state index < -0.39 is 29.7 Å². The molecular weight excluding hydrogens is 358 g/mol. The van der Waals surface area contributed by atoms with Crippen molar-refractivity contribution in [3.63, 3.8) is 0 Å². The molecule has 1 aromatic rings. The summed E-state index contributed by atoms with van der Waals surface area (Å²) in [6.07, 6.45) is 2.44. The average molecular weight is 392 g/mol. The first kappa shape index (κ1) is 23.8. The summed E-state index contributed by atoms with van der Waals surface area (Å²) in [6.45, 7) is 5.99. The molecule has 1 unspecified atom stereocenters. The van der Waals surface area contributed by atoms with E-state index in [0.29, 0.717) is 12.8 Å². The summed E-state index contributed by atoms with van der Waals surface area (Å²) in [5.41, 5.74) is 8.44. The summed E-state index contributed by atoms with van der Waals surface area (Å²) < 4.78 is 0. The predicted octanol–water partition coefficient (Wildman–Crippen LogP) is 2.62. The molecule has 156 valence electrons. The normalized spacial score (nSPS) is 13.1. The zero-order valence-electron chi connectivity index (χ0n) is 17.1. The Bertz CT molecular complexity index is 634. The van der Waals surface area contributed by atoms with Crippen molar-refractivity contribution in [1.82, 2.24) is 10.4 Å². The highest BCUT2D eigenvalue weighted by Crippen LogP contribution is 2.21. The number of benzene rings is 1. The summed E-state index contributed by atoms with van der Waals surface area (Å²) >= 11 is 0. The lowest BCUT2D eigenvalue weighted by Gasteiger charge is -2.28. The van der Waals surface area contributed by atoms with Gasteiger partial charge >= 0.3 is 0 Å². The molecular formula is C21H33N3O4. The molecule has 3 amide bonds. The van der Waals surface area contributed by atoms with Crippen molar-refractivity contribution in [1.29, 1.82) is 0 Å². The van der Waals surface area contributed by atoms with Crippen molar-refractivity contribution in [2.24, 2.45) is 17.6 Å². The number of amides is 3. The van der Waals surface area contributed by atoms with Gasteiger partial charge in [0.25, 0.3) is 0 Å². The molecule has 0 aliphatic rings. The molecule has 4 N–H and O–H groups in total. The first-order valence-electron chi connectivity index (χ1n) is 9.87. The van der Waals surface area contributed by atoms with Gasteiger partial charge in [-0.1, -0.05) is 63.9 Å². The van der Waals surface area contributed by atoms with Crippen LogP contribution in [0.25, 0.3) is 0 Å². The number of nitrogens with one attached hydrogen (secondary N) is 1. The zero-order valence-corrected chi connectivity index (χ0v) is 17.1. The summed E-state index contributed by atoms with van der Waals surface area (Å²) in [5.74, 6) is -2.08. The monoisotopic (exact) mass is 391 g/mol. The lowest BCUT2D eigenvalue weighted by molar-refractivity contribution is -0.151. The summed E-state index contributed by atoms with van der Waals surface area (Å²) in [4.78, 5) is 39.1. The van der Waals surface area contributed by atoms with Crippen molar-refractivity contribution in [3.05, 3.63) is 35.9 Å². The summed E-state index contributed by atoms with van der Waals surface area (Å²) in [6, 6.07) is 8.44. The van der Waals surface area contributed by atoms with Crippen molar-refractivity contribution in [3.8, 4) is 0 Å². The molecule has 0 fully saturated rings. The molecule has 0 aromatic heterocycles. The van der Waals surface area contributed by atoms with Crippen molar-refractivity contribution in [2.45, 2.75) is 65.5 Å². The highest BCUT2D eigenvalue weighted by molar-refractivity contribution is 5.99. The molecule has 0 spiro atoms. The zero-order chi connectivity index (χ0) is 21.1. The molecule has 0 bridgehead atoms. The number of rotatable bonds is 11. The number of nitrogens with zero attached hydrogens (tertiary/aromatic N) is 1. The van der Waals surface area contributed by atoms with Gasteiger partial charge < -0.3 is 5.73 Å². The van der Waals surface area contributed by atoms with Gasteiger partial charge in [0.15, 0.2) is 0 Å². The van der Waals surface area contributed by atoms with Gasteiger partial charge in [-0.2, -0.15) is 0 Å². The maximum Gasteiger partial charge on any atom is 0.246 e. The topological polar surface area (TPSA) is 113 Å². The van der Waals surface area contributed by atoms with E-state index in [9.17, 15) is 14.4 Å². The van der Waals surface area contributed by atoms with Crippen LogP contribution in [0.3, 0.4) is 0 Å². The minimum absolute atomic E-state index is 0.105. The third-order valence-corrected chi connectivity index (χ3v) is 4.56. The van der Waals surface area contributed by atoms with Gasteiger partial charge in [0.05, 0.1) is 12.6 Å². The standard InChI is InChI=1S/C21H33N3O4/c1-4-5-11-18(22)21(27)24(14-16-9-7-6-8-10-16)20(26)17(12-15(2)3)13-19(25)23-28/h6-10,15,17-18,28H,4-5,11-14,22H2,1-3H3,(H,23,25)/t17?,18-/m0/s1. The molecule has 0 saturated carbocycles. The molecule has 0 heterocycles. The van der Waals surface area contributed by atoms with E-state index in [1.54, 1.807) is 5.48 Å². The maximum absolute atomic E-state index is 13.2. The third-order valence-electron chi connectivity index (χ3n) is 4.56. The fraction of sp³-hybridized carbons (Fsp3) is 0.571. The number of imide groups is 1. The maximum atomic E-state index is 13.2. The Morgan fingerprint density at radius 1 is 1.14 bits per heavy atom. The van der Waals surface area contributed by atoms with Gasteiger partial charge in [0.1, 0.15) is 0 Å². The van der Waals surface area contributed by atoms with E-state index in [0.717, 1.165) is 18.4 Å². The van der Waals surface area contributed by atoms with E-state index in [1.807, 2.05) is 51.1 Å². The van der Waals surface area contributed by atoms with Crippen LogP contribution in [-0.4, -0.2) is 33.9 Å². The SMILES string of the molecule is CCCC[C@H](N)C(=O)N(Cc1ccccc1)C(=O)C(CC(=O)NO)CC(C)C. The van der Waals surface area contributed by atoms with Crippen molar-refractivity contribution in [2.75, 3.05) is 0 Å². The van der Waals surface area contributed by atoms with Gasteiger partial charge in [-0.15, -0.1) is 0 Å². The summed E-state index contributed by atoms with van der Waals surface area (Å²) in [5, 5.41) is 8.86. The Morgan fingerprint density at radius 3 is 2.32 bits per heavy atom. The lowest BCUT2D eigenvalue weighted by Crippen LogP contribution is -2.49. The molecule has 7 nitrogen and oxygen atoms in total. The van der Waals surface area contributed by atoms with Crippen LogP contribution in [0, 0.1) is 11.8 Å². The van der Waals surface area contributed by atoms with Crippen LogP contribution in [0.5, 0.6) is 0 Å². The first-order valence-corrected chi connectivity index (χ1v) is 9.87. The molecule has 1 rings (SSSR count). The second-order valence-corrected chi connectivity index (χ2v) is 7.56. The molecule has 2 atom stereocenters. The van der Waals surface area contributed by atoms with Crippen molar-refractivity contribution >= 4 is 17.7 Å². The lowest BCUT2D eigenvalue weighted by atomic mass is 9.92. The number of hydrogen-bond acceptors (Lipinski definition) is 5. The molecule has 7 heteroatoms. The number of hydrogen-bond donors (Lipinski definition) is 3. The average Bonchev–Trinajstić information content (AvgIpc) is 2.68. The smallest absolute Gasteiger partial charge is 0.246 e. The van der Waals surface area contributed by atoms with Crippen LogP contribution < -0.4 is 11.2 Å². The highest BCUT2D eigenvalue weighted by atomic mass is 16.5. The summed E-state index contributed by atoms with van der Waals surface area (Å²) in [7, 11) is 0. The minimum Gasteiger partial charge on any atom is -0.320 e. The molecule has 0 aliphatic carbocycles. The second kappa shape index (κ2) is 12.3. The third kappa shape index (κ3) is 7.78. The van der Waals surface area contributed by atoms with E-state index in [4.69, 9.17) is 10.9 Å². The Kier molecular flexibility index (Phi) is 10.4. The van der Waals surface area contributed by atoms with E-state index in [1.165, 1.54) is 4.90 Å². The number of hydroxylamine groups is 1. The second-order valence-electron chi connectivity index (χ2n) is 7.56. The Labute approximate surface area is 167 Å². The quantitative estimate of drug-likeness (QED) is 0.396. The molecule has 1 aromatic carbocycles. The molecule has 0 saturated heterocycles. The van der Waals surface area contributed by atoms with Crippen molar-refractivity contribution < 1.29 is 19.6 Å². The van der Waals surface area contributed by atoms with Gasteiger partial charge in [-0.05, 0) is 24.3 Å². The molecule has 0 radical (unpaired) electrons. The predicted molar refractivity (Wildman–Crippen MR) is 107 cm³/mol. The van der Waals surface area contributed by atoms with Gasteiger partial charge in [0, 0.05) is 12.3 Å². The fourth-order valence-corrected chi connectivity index (χ4v) is 3.11. The van der Waals surface area contributed by atoms with E-state index in [2.05, 4.69) is 0 Å². The van der Waals surface area contributed by atoms with Gasteiger partial charge in [0.2, 0.25) is 17.7 Å². The largest absolute Gasteiger partial charge is 0.320 e. The number of carbonyl (C=O) groups is 3. The van der Waals surface area contributed by atoms with Gasteiger partial charge in [-0.3, -0.25) is 24.5 Å². The number of unbranched alkanes of at least 4 members (excludes halogenated alkanes) is 1. The molecule has 0 aliphatic heterocycles. The van der Waals surface area contributed by atoms with E-state index in [-0.39, 0.29) is 18.9 Å². The minimum atomic E-state index is -0.765. The number of carbonyl (C=O) groups excluding carboxylic acids is 3. The highest BCUT2D eigenvalue weighted by Gasteiger charge is 2.33. The van der Waals surface area contributed by atoms with Crippen LogP contribution in [0.2, 0.25) is 0 Å². The van der Waals surface area contributed by atoms with Gasteiger partial charge in [-0.25, -0.2) is 5.48 Å².